The zero-order chi connectivity index (χ0) is 13.8. The number of hydrogen-bond acceptors (Lipinski definition) is 2. The molecule has 0 aliphatic carbocycles. The van der Waals surface area contributed by atoms with Crippen molar-refractivity contribution < 1.29 is 0 Å². The van der Waals surface area contributed by atoms with E-state index in [0.717, 1.165) is 13.0 Å². The molecule has 2 unspecified atom stereocenters. The van der Waals surface area contributed by atoms with Crippen molar-refractivity contribution in [1.29, 1.82) is 0 Å². The van der Waals surface area contributed by atoms with Gasteiger partial charge in [0.2, 0.25) is 0 Å². The van der Waals surface area contributed by atoms with Crippen LogP contribution < -0.4 is 5.32 Å². The SMILES string of the molecule is CCNC(c1ccc(C)cc1)C(C)(CC)N(C)C. The van der Waals surface area contributed by atoms with Gasteiger partial charge in [-0.15, -0.1) is 0 Å². The Morgan fingerprint density at radius 3 is 2.11 bits per heavy atom. The minimum Gasteiger partial charge on any atom is -0.309 e. The molecule has 0 aromatic heterocycles. The number of hydrogen-bond donors (Lipinski definition) is 1. The van der Waals surface area contributed by atoms with Gasteiger partial charge in [-0.1, -0.05) is 43.7 Å². The van der Waals surface area contributed by atoms with E-state index in [9.17, 15) is 0 Å². The summed E-state index contributed by atoms with van der Waals surface area (Å²) in [6.07, 6.45) is 1.12. The normalized spacial score (nSPS) is 16.6. The number of benzene rings is 1. The highest BCUT2D eigenvalue weighted by Gasteiger charge is 2.35. The van der Waals surface area contributed by atoms with E-state index < -0.39 is 0 Å². The van der Waals surface area contributed by atoms with E-state index in [2.05, 4.69) is 76.3 Å². The third-order valence-electron chi connectivity index (χ3n) is 4.18. The highest BCUT2D eigenvalue weighted by molar-refractivity contribution is 5.27. The molecule has 0 heterocycles. The Kier molecular flexibility index (Phi) is 5.36. The summed E-state index contributed by atoms with van der Waals surface area (Å²) >= 11 is 0. The van der Waals surface area contributed by atoms with Gasteiger partial charge in [0.15, 0.2) is 0 Å². The molecule has 2 atom stereocenters. The van der Waals surface area contributed by atoms with Crippen LogP contribution in [-0.4, -0.2) is 31.1 Å². The molecule has 0 saturated carbocycles. The molecule has 2 nitrogen and oxygen atoms in total. The minimum absolute atomic E-state index is 0.130. The fourth-order valence-corrected chi connectivity index (χ4v) is 2.44. The summed E-state index contributed by atoms with van der Waals surface area (Å²) < 4.78 is 0. The monoisotopic (exact) mass is 248 g/mol. The number of aryl methyl sites for hydroxylation is 1. The zero-order valence-corrected chi connectivity index (χ0v) is 12.7. The average Bonchev–Trinajstić information content (AvgIpc) is 2.36. The van der Waals surface area contributed by atoms with Crippen LogP contribution in [0.15, 0.2) is 24.3 Å². The van der Waals surface area contributed by atoms with Crippen molar-refractivity contribution in [3.05, 3.63) is 35.4 Å². The fraction of sp³-hybridized carbons (Fsp3) is 0.625. The predicted octanol–water partition coefficient (Wildman–Crippen LogP) is 3.38. The third kappa shape index (κ3) is 3.12. The van der Waals surface area contributed by atoms with Crippen molar-refractivity contribution in [1.82, 2.24) is 10.2 Å². The van der Waals surface area contributed by atoms with Crippen molar-refractivity contribution in [2.45, 2.75) is 45.7 Å². The van der Waals surface area contributed by atoms with Gasteiger partial charge >= 0.3 is 0 Å². The molecule has 1 rings (SSSR count). The summed E-state index contributed by atoms with van der Waals surface area (Å²) in [6, 6.07) is 9.26. The molecular weight excluding hydrogens is 220 g/mol. The number of likely N-dealkylation sites (N-methyl/N-ethyl adjacent to an activating group) is 2. The molecule has 102 valence electrons. The Morgan fingerprint density at radius 2 is 1.72 bits per heavy atom. The van der Waals surface area contributed by atoms with Gasteiger partial charge < -0.3 is 10.2 Å². The van der Waals surface area contributed by atoms with Crippen LogP contribution in [0, 0.1) is 6.92 Å². The Balaban J connectivity index is 3.12. The summed E-state index contributed by atoms with van der Waals surface area (Å²) in [5.41, 5.74) is 2.82. The van der Waals surface area contributed by atoms with Crippen LogP contribution in [0.25, 0.3) is 0 Å². The number of nitrogens with one attached hydrogen (secondary N) is 1. The maximum atomic E-state index is 3.65. The van der Waals surface area contributed by atoms with Crippen LogP contribution >= 0.6 is 0 Å². The van der Waals surface area contributed by atoms with Gasteiger partial charge in [-0.25, -0.2) is 0 Å². The van der Waals surface area contributed by atoms with E-state index in [0.29, 0.717) is 6.04 Å². The molecule has 0 saturated heterocycles. The molecule has 0 radical (unpaired) electrons. The first kappa shape index (κ1) is 15.2. The Morgan fingerprint density at radius 1 is 1.17 bits per heavy atom. The number of nitrogens with zero attached hydrogens (tertiary/aromatic N) is 1. The average molecular weight is 248 g/mol. The van der Waals surface area contributed by atoms with Gasteiger partial charge in [-0.05, 0) is 46.5 Å². The van der Waals surface area contributed by atoms with Crippen molar-refractivity contribution in [2.75, 3.05) is 20.6 Å². The van der Waals surface area contributed by atoms with Crippen LogP contribution in [0.3, 0.4) is 0 Å². The second-order valence-electron chi connectivity index (χ2n) is 5.51. The summed E-state index contributed by atoms with van der Waals surface area (Å²) in [5.74, 6) is 0. The van der Waals surface area contributed by atoms with E-state index in [1.165, 1.54) is 11.1 Å². The molecule has 0 aliphatic rings. The topological polar surface area (TPSA) is 15.3 Å². The minimum atomic E-state index is 0.130. The molecule has 2 heteroatoms. The van der Waals surface area contributed by atoms with Crippen molar-refractivity contribution in [3.8, 4) is 0 Å². The largest absolute Gasteiger partial charge is 0.309 e. The lowest BCUT2D eigenvalue weighted by Crippen LogP contribution is -2.51. The Labute approximate surface area is 112 Å². The summed E-state index contributed by atoms with van der Waals surface area (Å²) in [7, 11) is 4.34. The molecule has 0 amide bonds. The van der Waals surface area contributed by atoms with Crippen LogP contribution in [0.4, 0.5) is 0 Å². The molecule has 1 aromatic rings. The van der Waals surface area contributed by atoms with Gasteiger partial charge in [0.1, 0.15) is 0 Å². The first-order valence-corrected chi connectivity index (χ1v) is 6.93. The van der Waals surface area contributed by atoms with Crippen molar-refractivity contribution in [3.63, 3.8) is 0 Å². The first-order chi connectivity index (χ1) is 8.45. The van der Waals surface area contributed by atoms with E-state index in [1.807, 2.05) is 0 Å². The summed E-state index contributed by atoms with van der Waals surface area (Å²) in [5, 5.41) is 3.65. The van der Waals surface area contributed by atoms with E-state index in [-0.39, 0.29) is 5.54 Å². The van der Waals surface area contributed by atoms with Gasteiger partial charge in [-0.2, -0.15) is 0 Å². The van der Waals surface area contributed by atoms with Gasteiger partial charge in [0.25, 0.3) is 0 Å². The third-order valence-corrected chi connectivity index (χ3v) is 4.18. The zero-order valence-electron chi connectivity index (χ0n) is 12.7. The van der Waals surface area contributed by atoms with Crippen molar-refractivity contribution >= 4 is 0 Å². The van der Waals surface area contributed by atoms with Crippen molar-refractivity contribution in [2.24, 2.45) is 0 Å². The standard InChI is InChI=1S/C16H28N2/c1-7-16(4,18(5)6)15(17-8-2)14-11-9-13(3)10-12-14/h9-12,15,17H,7-8H2,1-6H3. The van der Waals surface area contributed by atoms with Gasteiger partial charge in [0.05, 0.1) is 6.04 Å². The van der Waals surface area contributed by atoms with Crippen LogP contribution in [0.1, 0.15) is 44.4 Å². The quantitative estimate of drug-likeness (QED) is 0.830. The van der Waals surface area contributed by atoms with Crippen LogP contribution in [0.5, 0.6) is 0 Å². The molecular formula is C16H28N2. The predicted molar refractivity (Wildman–Crippen MR) is 80.0 cm³/mol. The molecule has 18 heavy (non-hydrogen) atoms. The molecule has 1 aromatic carbocycles. The molecule has 0 bridgehead atoms. The lowest BCUT2D eigenvalue weighted by molar-refractivity contribution is 0.113. The van der Waals surface area contributed by atoms with Gasteiger partial charge in [-0.3, -0.25) is 0 Å². The van der Waals surface area contributed by atoms with E-state index >= 15 is 0 Å². The summed E-state index contributed by atoms with van der Waals surface area (Å²) in [4.78, 5) is 2.33. The van der Waals surface area contributed by atoms with E-state index in [4.69, 9.17) is 0 Å². The Hall–Kier alpha value is -0.860. The molecule has 0 spiro atoms. The lowest BCUT2D eigenvalue weighted by atomic mass is 9.83. The van der Waals surface area contributed by atoms with Gasteiger partial charge in [0, 0.05) is 5.54 Å². The molecule has 0 fully saturated rings. The lowest BCUT2D eigenvalue weighted by Gasteiger charge is -2.43. The second kappa shape index (κ2) is 6.35. The van der Waals surface area contributed by atoms with E-state index in [1.54, 1.807) is 0 Å². The maximum Gasteiger partial charge on any atom is 0.0504 e. The van der Waals surface area contributed by atoms with Crippen LogP contribution in [-0.2, 0) is 0 Å². The molecule has 0 aliphatic heterocycles. The maximum absolute atomic E-state index is 3.65. The number of rotatable bonds is 6. The smallest absolute Gasteiger partial charge is 0.0504 e. The highest BCUT2D eigenvalue weighted by Crippen LogP contribution is 2.32. The fourth-order valence-electron chi connectivity index (χ4n) is 2.44. The first-order valence-electron chi connectivity index (χ1n) is 6.93. The summed E-state index contributed by atoms with van der Waals surface area (Å²) in [6.45, 7) is 9.89. The van der Waals surface area contributed by atoms with Crippen LogP contribution in [0.2, 0.25) is 0 Å². The second-order valence-corrected chi connectivity index (χ2v) is 5.51. The molecule has 1 N–H and O–H groups in total. The highest BCUT2D eigenvalue weighted by atomic mass is 15.2. The Bertz CT molecular complexity index is 356.